The number of oxime groups is 1. The molecule has 4 N–H and O–H groups in total. The molecular weight excluding hydrogens is 270 g/mol. The number of aryl methyl sites for hydroxylation is 1. The number of amidine groups is 1. The minimum Gasteiger partial charge on any atom is -0.409 e. The van der Waals surface area contributed by atoms with Crippen molar-refractivity contribution in [3.63, 3.8) is 0 Å². The Bertz CT molecular complexity index is 566. The number of rotatable bonds is 6. The van der Waals surface area contributed by atoms with Crippen molar-refractivity contribution in [3.8, 4) is 0 Å². The van der Waals surface area contributed by atoms with E-state index in [1.54, 1.807) is 11.3 Å². The van der Waals surface area contributed by atoms with Gasteiger partial charge in [-0.2, -0.15) is 0 Å². The molecule has 0 amide bonds. The topological polar surface area (TPSA) is 70.6 Å². The number of nitrogens with one attached hydrogen (secondary N) is 1. The Kier molecular flexibility index (Phi) is 5.15. The third-order valence-corrected chi connectivity index (χ3v) is 4.06. The molecule has 0 spiro atoms. The van der Waals surface area contributed by atoms with E-state index in [1.807, 2.05) is 30.3 Å². The molecule has 0 aliphatic carbocycles. The summed E-state index contributed by atoms with van der Waals surface area (Å²) < 4.78 is 0. The number of hydrogen-bond donors (Lipinski definition) is 3. The maximum atomic E-state index is 8.76. The summed E-state index contributed by atoms with van der Waals surface area (Å²) in [6.07, 6.45) is 0.477. The van der Waals surface area contributed by atoms with E-state index < -0.39 is 0 Å². The van der Waals surface area contributed by atoms with Gasteiger partial charge in [-0.1, -0.05) is 35.5 Å². The summed E-state index contributed by atoms with van der Waals surface area (Å²) in [7, 11) is 0. The van der Waals surface area contributed by atoms with Crippen molar-refractivity contribution in [3.05, 3.63) is 57.8 Å². The van der Waals surface area contributed by atoms with Gasteiger partial charge >= 0.3 is 0 Å². The molecular formula is C15H19N3OS. The minimum atomic E-state index is 0.0366. The van der Waals surface area contributed by atoms with Crippen molar-refractivity contribution in [2.75, 3.05) is 0 Å². The zero-order valence-corrected chi connectivity index (χ0v) is 12.2. The van der Waals surface area contributed by atoms with Crippen LogP contribution in [-0.2, 0) is 6.54 Å². The molecule has 1 heterocycles. The maximum absolute atomic E-state index is 8.76. The van der Waals surface area contributed by atoms with Crippen LogP contribution in [0.1, 0.15) is 27.8 Å². The summed E-state index contributed by atoms with van der Waals surface area (Å²) in [5, 5.41) is 15.3. The molecule has 1 atom stereocenters. The predicted octanol–water partition coefficient (Wildman–Crippen LogP) is 3.02. The summed E-state index contributed by atoms with van der Waals surface area (Å²) in [6, 6.07) is 14.3. The van der Waals surface area contributed by atoms with Gasteiger partial charge in [0, 0.05) is 28.8 Å². The quantitative estimate of drug-likeness (QED) is 0.331. The van der Waals surface area contributed by atoms with Gasteiger partial charge in [0.25, 0.3) is 0 Å². The SMILES string of the molecule is Cc1ccc(CNC(CC(N)=NO)c2ccccc2)s1. The lowest BCUT2D eigenvalue weighted by Crippen LogP contribution is -2.26. The summed E-state index contributed by atoms with van der Waals surface area (Å²) in [6.45, 7) is 2.87. The fourth-order valence-corrected chi connectivity index (χ4v) is 2.89. The molecule has 0 fully saturated rings. The molecule has 2 rings (SSSR count). The lowest BCUT2D eigenvalue weighted by Gasteiger charge is -2.18. The van der Waals surface area contributed by atoms with Gasteiger partial charge in [0.05, 0.1) is 0 Å². The Hall–Kier alpha value is -1.85. The summed E-state index contributed by atoms with van der Waals surface area (Å²) in [4.78, 5) is 2.58. The summed E-state index contributed by atoms with van der Waals surface area (Å²) in [5.74, 6) is 0.230. The highest BCUT2D eigenvalue weighted by atomic mass is 32.1. The third kappa shape index (κ3) is 4.08. The average molecular weight is 289 g/mol. The van der Waals surface area contributed by atoms with E-state index in [4.69, 9.17) is 10.9 Å². The van der Waals surface area contributed by atoms with Gasteiger partial charge in [0.15, 0.2) is 0 Å². The van der Waals surface area contributed by atoms with Crippen molar-refractivity contribution in [2.24, 2.45) is 10.9 Å². The van der Waals surface area contributed by atoms with Gasteiger partial charge in [-0.3, -0.25) is 0 Å². The molecule has 20 heavy (non-hydrogen) atoms. The first-order valence-electron chi connectivity index (χ1n) is 6.49. The lowest BCUT2D eigenvalue weighted by molar-refractivity contribution is 0.315. The first-order chi connectivity index (χ1) is 9.69. The second-order valence-electron chi connectivity index (χ2n) is 4.65. The van der Waals surface area contributed by atoms with Crippen molar-refractivity contribution in [1.29, 1.82) is 0 Å². The van der Waals surface area contributed by atoms with E-state index in [0.717, 1.165) is 12.1 Å². The van der Waals surface area contributed by atoms with E-state index in [-0.39, 0.29) is 11.9 Å². The Balaban J connectivity index is 2.06. The standard InChI is InChI=1S/C15H19N3OS/c1-11-7-8-13(20-11)10-17-14(9-15(16)18-19)12-5-3-2-4-6-12/h2-8,14,17,19H,9-10H2,1H3,(H2,16,18). The number of thiophene rings is 1. The maximum Gasteiger partial charge on any atom is 0.141 e. The Morgan fingerprint density at radius 2 is 2.05 bits per heavy atom. The molecule has 0 saturated carbocycles. The van der Waals surface area contributed by atoms with Crippen LogP contribution in [-0.4, -0.2) is 11.0 Å². The van der Waals surface area contributed by atoms with E-state index in [2.05, 4.69) is 29.5 Å². The average Bonchev–Trinajstić information content (AvgIpc) is 2.89. The zero-order valence-electron chi connectivity index (χ0n) is 11.4. The second kappa shape index (κ2) is 7.07. The fourth-order valence-electron chi connectivity index (χ4n) is 2.05. The smallest absolute Gasteiger partial charge is 0.141 e. The molecule has 1 unspecified atom stereocenters. The summed E-state index contributed by atoms with van der Waals surface area (Å²) >= 11 is 1.78. The Morgan fingerprint density at radius 3 is 2.65 bits per heavy atom. The number of benzene rings is 1. The lowest BCUT2D eigenvalue weighted by atomic mass is 10.0. The van der Waals surface area contributed by atoms with Gasteiger partial charge < -0.3 is 16.3 Å². The van der Waals surface area contributed by atoms with Gasteiger partial charge in [0.1, 0.15) is 5.84 Å². The van der Waals surface area contributed by atoms with E-state index in [9.17, 15) is 0 Å². The van der Waals surface area contributed by atoms with Crippen LogP contribution in [0, 0.1) is 6.92 Å². The third-order valence-electron chi connectivity index (χ3n) is 3.06. The van der Waals surface area contributed by atoms with Crippen LogP contribution >= 0.6 is 11.3 Å². The van der Waals surface area contributed by atoms with Crippen molar-refractivity contribution in [2.45, 2.75) is 25.9 Å². The van der Waals surface area contributed by atoms with Gasteiger partial charge in [-0.05, 0) is 24.6 Å². The molecule has 0 aliphatic heterocycles. The van der Waals surface area contributed by atoms with Crippen LogP contribution in [0.3, 0.4) is 0 Å². The normalized spacial score (nSPS) is 13.3. The van der Waals surface area contributed by atoms with Crippen LogP contribution in [0.5, 0.6) is 0 Å². The van der Waals surface area contributed by atoms with Crippen molar-refractivity contribution in [1.82, 2.24) is 5.32 Å². The first kappa shape index (κ1) is 14.6. The van der Waals surface area contributed by atoms with Gasteiger partial charge in [0.2, 0.25) is 0 Å². The number of nitrogens with two attached hydrogens (primary N) is 1. The molecule has 1 aromatic carbocycles. The van der Waals surface area contributed by atoms with E-state index >= 15 is 0 Å². The fraction of sp³-hybridized carbons (Fsp3) is 0.267. The number of nitrogens with zero attached hydrogens (tertiary/aromatic N) is 1. The van der Waals surface area contributed by atoms with Crippen LogP contribution in [0.2, 0.25) is 0 Å². The molecule has 2 aromatic rings. The molecule has 0 bridgehead atoms. The van der Waals surface area contributed by atoms with Crippen molar-refractivity contribution >= 4 is 17.2 Å². The Morgan fingerprint density at radius 1 is 1.30 bits per heavy atom. The molecule has 0 aliphatic rings. The van der Waals surface area contributed by atoms with Crippen LogP contribution in [0.25, 0.3) is 0 Å². The minimum absolute atomic E-state index is 0.0366. The first-order valence-corrected chi connectivity index (χ1v) is 7.30. The molecule has 106 valence electrons. The Labute approximate surface area is 122 Å². The largest absolute Gasteiger partial charge is 0.409 e. The van der Waals surface area contributed by atoms with Crippen LogP contribution < -0.4 is 11.1 Å². The van der Waals surface area contributed by atoms with Crippen molar-refractivity contribution < 1.29 is 5.21 Å². The highest BCUT2D eigenvalue weighted by molar-refractivity contribution is 7.11. The molecule has 5 heteroatoms. The van der Waals surface area contributed by atoms with Crippen LogP contribution in [0.15, 0.2) is 47.6 Å². The molecule has 0 saturated heterocycles. The van der Waals surface area contributed by atoms with Gasteiger partial charge in [-0.25, -0.2) is 0 Å². The van der Waals surface area contributed by atoms with E-state index in [0.29, 0.717) is 6.42 Å². The second-order valence-corrected chi connectivity index (χ2v) is 6.02. The van der Waals surface area contributed by atoms with Crippen LogP contribution in [0.4, 0.5) is 0 Å². The highest BCUT2D eigenvalue weighted by Gasteiger charge is 2.13. The van der Waals surface area contributed by atoms with E-state index in [1.165, 1.54) is 9.75 Å². The van der Waals surface area contributed by atoms with Gasteiger partial charge in [-0.15, -0.1) is 11.3 Å². The predicted molar refractivity (Wildman–Crippen MR) is 83.1 cm³/mol. The monoisotopic (exact) mass is 289 g/mol. The zero-order chi connectivity index (χ0) is 14.4. The molecule has 4 nitrogen and oxygen atoms in total. The molecule has 1 aromatic heterocycles. The highest BCUT2D eigenvalue weighted by Crippen LogP contribution is 2.20. The summed E-state index contributed by atoms with van der Waals surface area (Å²) in [5.41, 5.74) is 6.78. The molecule has 0 radical (unpaired) electrons. The number of hydrogen-bond acceptors (Lipinski definition) is 4.